The molecule has 0 bridgehead atoms. The molecule has 0 spiro atoms. The van der Waals surface area contributed by atoms with Crippen LogP contribution in [0, 0.1) is 10.1 Å². The van der Waals surface area contributed by atoms with Crippen molar-refractivity contribution < 1.29 is 14.5 Å². The Balaban J connectivity index is 1.33. The largest absolute Gasteiger partial charge is 0.351 e. The predicted octanol–water partition coefficient (Wildman–Crippen LogP) is 4.25. The molecule has 5 rings (SSSR count). The highest BCUT2D eigenvalue weighted by Crippen LogP contribution is 2.35. The van der Waals surface area contributed by atoms with E-state index in [9.17, 15) is 19.7 Å². The number of fused-ring (bicyclic) bond motifs is 3. The van der Waals surface area contributed by atoms with E-state index in [0.717, 1.165) is 16.0 Å². The number of carbonyl (C=O) groups is 2. The van der Waals surface area contributed by atoms with E-state index in [1.807, 2.05) is 41.8 Å². The van der Waals surface area contributed by atoms with Crippen molar-refractivity contribution in [1.82, 2.24) is 10.2 Å². The second-order valence-corrected chi connectivity index (χ2v) is 9.80. The van der Waals surface area contributed by atoms with Crippen molar-refractivity contribution in [3.63, 3.8) is 0 Å². The summed E-state index contributed by atoms with van der Waals surface area (Å²) in [7, 11) is 0. The van der Waals surface area contributed by atoms with Crippen LogP contribution in [0.25, 0.3) is 0 Å². The van der Waals surface area contributed by atoms with Gasteiger partial charge >= 0.3 is 0 Å². The van der Waals surface area contributed by atoms with Crippen molar-refractivity contribution in [1.29, 1.82) is 0 Å². The molecule has 11 heteroatoms. The lowest BCUT2D eigenvalue weighted by Crippen LogP contribution is -2.42. The first-order valence-electron chi connectivity index (χ1n) is 10.7. The number of nitro groups is 1. The van der Waals surface area contributed by atoms with Crippen LogP contribution in [-0.4, -0.2) is 38.7 Å². The topological polar surface area (TPSA) is 117 Å². The van der Waals surface area contributed by atoms with Crippen LogP contribution in [0.15, 0.2) is 76.0 Å². The van der Waals surface area contributed by atoms with Crippen LogP contribution in [0.5, 0.6) is 0 Å². The average Bonchev–Trinajstić information content (AvgIpc) is 3.50. The van der Waals surface area contributed by atoms with Gasteiger partial charge in [0.15, 0.2) is 5.17 Å². The third-order valence-electron chi connectivity index (χ3n) is 5.48. The number of thioether (sulfide) groups is 1. The molecule has 9 nitrogen and oxygen atoms in total. The van der Waals surface area contributed by atoms with E-state index in [4.69, 9.17) is 0 Å². The predicted molar refractivity (Wildman–Crippen MR) is 136 cm³/mol. The molecule has 3 heterocycles. The fourth-order valence-corrected chi connectivity index (χ4v) is 5.34. The number of nitrogens with zero attached hydrogens (tertiary/aromatic N) is 4. The van der Waals surface area contributed by atoms with Gasteiger partial charge in [0.2, 0.25) is 5.91 Å². The van der Waals surface area contributed by atoms with Crippen molar-refractivity contribution in [2.75, 3.05) is 0 Å². The van der Waals surface area contributed by atoms with Crippen LogP contribution in [0.1, 0.15) is 22.4 Å². The van der Waals surface area contributed by atoms with Crippen LogP contribution in [0.2, 0.25) is 0 Å². The van der Waals surface area contributed by atoms with E-state index < -0.39 is 11.0 Å². The molecule has 2 aliphatic heterocycles. The second kappa shape index (κ2) is 9.80. The smallest absolute Gasteiger partial charge is 0.269 e. The van der Waals surface area contributed by atoms with Crippen LogP contribution >= 0.6 is 23.1 Å². The summed E-state index contributed by atoms with van der Waals surface area (Å²) < 4.78 is 0. The molecule has 0 aliphatic carbocycles. The Morgan fingerprint density at radius 1 is 1.14 bits per heavy atom. The lowest BCUT2D eigenvalue weighted by Gasteiger charge is -2.25. The second-order valence-electron chi connectivity index (χ2n) is 7.83. The maximum Gasteiger partial charge on any atom is 0.269 e. The molecule has 0 unspecified atom stereocenters. The van der Waals surface area contributed by atoms with Crippen molar-refractivity contribution in [3.8, 4) is 0 Å². The number of carbonyl (C=O) groups excluding carboxylic acids is 2. The molecule has 176 valence electrons. The highest BCUT2D eigenvalue weighted by atomic mass is 32.2. The zero-order chi connectivity index (χ0) is 24.4. The molecule has 0 fully saturated rings. The Morgan fingerprint density at radius 2 is 1.94 bits per heavy atom. The Labute approximate surface area is 208 Å². The lowest BCUT2D eigenvalue weighted by atomic mass is 10.1. The molecular formula is C24H19N5O4S2. The van der Waals surface area contributed by atoms with E-state index in [2.05, 4.69) is 15.3 Å². The molecule has 3 aromatic rings. The average molecular weight is 506 g/mol. The number of amidine groups is 2. The molecular weight excluding hydrogens is 486 g/mol. The van der Waals surface area contributed by atoms with Gasteiger partial charge in [-0.2, -0.15) is 0 Å². The highest BCUT2D eigenvalue weighted by molar-refractivity contribution is 8.13. The summed E-state index contributed by atoms with van der Waals surface area (Å²) >= 11 is 2.90. The fourth-order valence-electron chi connectivity index (χ4n) is 3.74. The van der Waals surface area contributed by atoms with Gasteiger partial charge in [0.05, 0.1) is 23.6 Å². The van der Waals surface area contributed by atoms with E-state index in [1.54, 1.807) is 23.5 Å². The van der Waals surface area contributed by atoms with E-state index in [0.29, 0.717) is 29.0 Å². The molecule has 2 aromatic carbocycles. The first-order chi connectivity index (χ1) is 17.0. The van der Waals surface area contributed by atoms with Gasteiger partial charge in [-0.1, -0.05) is 42.1 Å². The van der Waals surface area contributed by atoms with Gasteiger partial charge < -0.3 is 5.32 Å². The summed E-state index contributed by atoms with van der Waals surface area (Å²) in [5.74, 6) is 0.409. The highest BCUT2D eigenvalue weighted by Gasteiger charge is 2.42. The molecule has 0 saturated carbocycles. The number of nitrogens with one attached hydrogen (secondary N) is 1. The van der Waals surface area contributed by atoms with Gasteiger partial charge in [-0.3, -0.25) is 24.7 Å². The monoisotopic (exact) mass is 505 g/mol. The number of benzene rings is 2. The number of hydrogen-bond acceptors (Lipinski definition) is 8. The minimum Gasteiger partial charge on any atom is -0.351 e. The molecule has 2 amide bonds. The quantitative estimate of drug-likeness (QED) is 0.380. The van der Waals surface area contributed by atoms with Crippen LogP contribution in [0.4, 0.5) is 11.4 Å². The zero-order valence-electron chi connectivity index (χ0n) is 18.3. The minimum atomic E-state index is -0.829. The van der Waals surface area contributed by atoms with Gasteiger partial charge in [-0.15, -0.1) is 11.3 Å². The summed E-state index contributed by atoms with van der Waals surface area (Å²) in [6.07, 6.45) is -0.0489. The summed E-state index contributed by atoms with van der Waals surface area (Å²) in [6.45, 7) is 0.415. The normalized spacial score (nSPS) is 16.3. The SMILES string of the molecule is O=C(C[C@H]1N=C2c3ccccc3N=C(SCc3ccc([N+](=O)[O-])cc3)N2C1=O)NCc1cccs1. The van der Waals surface area contributed by atoms with Gasteiger partial charge in [0, 0.05) is 28.3 Å². The third-order valence-corrected chi connectivity index (χ3v) is 7.37. The van der Waals surface area contributed by atoms with Crippen LogP contribution < -0.4 is 5.32 Å². The van der Waals surface area contributed by atoms with Crippen LogP contribution in [0.3, 0.4) is 0 Å². The molecule has 0 radical (unpaired) electrons. The number of aliphatic imine (C=N–C) groups is 2. The van der Waals surface area contributed by atoms with Crippen molar-refractivity contribution >= 4 is 57.3 Å². The minimum absolute atomic E-state index is 0.0204. The number of thiophene rings is 1. The Bertz CT molecular complexity index is 1350. The molecule has 2 aliphatic rings. The zero-order valence-corrected chi connectivity index (χ0v) is 19.9. The Kier molecular flexibility index (Phi) is 6.43. The molecule has 1 atom stereocenters. The molecule has 0 saturated heterocycles. The molecule has 1 aromatic heterocycles. The number of para-hydroxylation sites is 1. The maximum atomic E-state index is 13.3. The van der Waals surface area contributed by atoms with E-state index in [1.165, 1.54) is 28.8 Å². The van der Waals surface area contributed by atoms with Gasteiger partial charge in [-0.05, 0) is 29.1 Å². The van der Waals surface area contributed by atoms with E-state index >= 15 is 0 Å². The maximum absolute atomic E-state index is 13.3. The van der Waals surface area contributed by atoms with Gasteiger partial charge in [0.25, 0.3) is 11.6 Å². The number of non-ortho nitro benzene ring substituents is 1. The number of nitro benzene ring substituents is 1. The van der Waals surface area contributed by atoms with Crippen molar-refractivity contribution in [2.24, 2.45) is 9.98 Å². The number of rotatable bonds is 7. The van der Waals surface area contributed by atoms with Crippen LogP contribution in [-0.2, 0) is 21.9 Å². The fraction of sp³-hybridized carbons (Fsp3) is 0.167. The summed E-state index contributed by atoms with van der Waals surface area (Å²) in [6, 6.07) is 16.7. The summed E-state index contributed by atoms with van der Waals surface area (Å²) in [5.41, 5.74) is 2.31. The van der Waals surface area contributed by atoms with Gasteiger partial charge in [0.1, 0.15) is 11.9 Å². The Morgan fingerprint density at radius 3 is 2.69 bits per heavy atom. The number of hydrogen-bond donors (Lipinski definition) is 1. The first kappa shape index (κ1) is 22.9. The molecule has 35 heavy (non-hydrogen) atoms. The third kappa shape index (κ3) is 4.86. The lowest BCUT2D eigenvalue weighted by molar-refractivity contribution is -0.384. The van der Waals surface area contributed by atoms with E-state index in [-0.39, 0.29) is 23.9 Å². The first-order valence-corrected chi connectivity index (χ1v) is 12.6. The summed E-state index contributed by atoms with van der Waals surface area (Å²) in [4.78, 5) is 48.1. The number of amides is 2. The summed E-state index contributed by atoms with van der Waals surface area (Å²) in [5, 5.41) is 16.2. The standard InChI is InChI=1S/C24H19N5O4S2/c30-21(25-13-17-4-3-11-34-17)12-20-23(31)28-22(26-20)18-5-1-2-6-19(18)27-24(28)35-14-15-7-9-16(10-8-15)29(32)33/h1-11,20H,12-14H2,(H,25,30)/t20-/m1/s1. The molecule has 1 N–H and O–H groups in total. The van der Waals surface area contributed by atoms with Crippen molar-refractivity contribution in [3.05, 3.63) is 92.2 Å². The Hall–Kier alpha value is -3.83. The van der Waals surface area contributed by atoms with Crippen molar-refractivity contribution in [2.45, 2.75) is 24.8 Å². The van der Waals surface area contributed by atoms with Gasteiger partial charge in [-0.25, -0.2) is 9.89 Å².